The van der Waals surface area contributed by atoms with Crippen molar-refractivity contribution in [2.45, 2.75) is 11.4 Å². The number of rotatable bonds is 3. The molecule has 1 saturated heterocycles. The van der Waals surface area contributed by atoms with Gasteiger partial charge < -0.3 is 9.47 Å². The quantitative estimate of drug-likeness (QED) is 0.825. The molecule has 0 aliphatic carbocycles. The number of hydrogen-bond donors (Lipinski definition) is 0. The standard InChI is InChI=1S/C14H18N4O3S2/c1-16-9-13(15-11-16)23(20,21)18-5-2-4-17(6-7-18)14(19)12-3-8-22-10-12/h3,8-11H,2,4-7H2,1H3. The molecule has 7 nitrogen and oxygen atoms in total. The van der Waals surface area contributed by atoms with Gasteiger partial charge in [0, 0.05) is 44.8 Å². The summed E-state index contributed by atoms with van der Waals surface area (Å²) in [6, 6.07) is 1.79. The summed E-state index contributed by atoms with van der Waals surface area (Å²) in [5.74, 6) is -0.0386. The molecular formula is C14H18N4O3S2. The van der Waals surface area contributed by atoms with Crippen molar-refractivity contribution in [3.8, 4) is 0 Å². The number of aryl methyl sites for hydroxylation is 1. The van der Waals surface area contributed by atoms with Gasteiger partial charge in [0.25, 0.3) is 15.9 Å². The smallest absolute Gasteiger partial charge is 0.262 e. The molecule has 0 N–H and O–H groups in total. The predicted molar refractivity (Wildman–Crippen MR) is 86.8 cm³/mol. The fourth-order valence-corrected chi connectivity index (χ4v) is 4.63. The zero-order chi connectivity index (χ0) is 16.4. The van der Waals surface area contributed by atoms with Crippen LogP contribution in [0.1, 0.15) is 16.8 Å². The van der Waals surface area contributed by atoms with Crippen molar-refractivity contribution in [1.29, 1.82) is 0 Å². The van der Waals surface area contributed by atoms with Crippen LogP contribution < -0.4 is 0 Å². The summed E-state index contributed by atoms with van der Waals surface area (Å²) in [6.45, 7) is 1.63. The molecule has 1 aliphatic rings. The summed E-state index contributed by atoms with van der Waals surface area (Å²) in [6.07, 6.45) is 3.58. The van der Waals surface area contributed by atoms with E-state index >= 15 is 0 Å². The van der Waals surface area contributed by atoms with E-state index in [0.717, 1.165) is 0 Å². The number of aromatic nitrogens is 2. The molecule has 0 atom stereocenters. The van der Waals surface area contributed by atoms with Gasteiger partial charge in [-0.1, -0.05) is 0 Å². The van der Waals surface area contributed by atoms with Crippen LogP contribution in [0.2, 0.25) is 0 Å². The minimum Gasteiger partial charge on any atom is -0.339 e. The Hall–Kier alpha value is -1.71. The van der Waals surface area contributed by atoms with Gasteiger partial charge in [-0.3, -0.25) is 4.79 Å². The molecule has 1 aliphatic heterocycles. The number of carbonyl (C=O) groups excluding carboxylic acids is 1. The molecular weight excluding hydrogens is 336 g/mol. The van der Waals surface area contributed by atoms with Crippen molar-refractivity contribution in [1.82, 2.24) is 18.8 Å². The average Bonchev–Trinajstić information content (AvgIpc) is 3.13. The minimum atomic E-state index is -3.60. The van der Waals surface area contributed by atoms with Gasteiger partial charge >= 0.3 is 0 Å². The van der Waals surface area contributed by atoms with Crippen LogP contribution in [-0.2, 0) is 17.1 Å². The second-order valence-corrected chi connectivity index (χ2v) is 8.10. The zero-order valence-electron chi connectivity index (χ0n) is 12.8. The van der Waals surface area contributed by atoms with E-state index < -0.39 is 10.0 Å². The van der Waals surface area contributed by atoms with E-state index in [0.29, 0.717) is 31.6 Å². The lowest BCUT2D eigenvalue weighted by atomic mass is 10.3. The van der Waals surface area contributed by atoms with Gasteiger partial charge in [0.1, 0.15) is 0 Å². The fourth-order valence-electron chi connectivity index (χ4n) is 2.56. The summed E-state index contributed by atoms with van der Waals surface area (Å²) in [5, 5.41) is 3.73. The summed E-state index contributed by atoms with van der Waals surface area (Å²) < 4.78 is 28.2. The first-order valence-corrected chi connectivity index (χ1v) is 9.66. The Kier molecular flexibility index (Phi) is 4.51. The molecule has 9 heteroatoms. The van der Waals surface area contributed by atoms with Crippen LogP contribution in [0.5, 0.6) is 0 Å². The van der Waals surface area contributed by atoms with Gasteiger partial charge in [-0.2, -0.15) is 15.6 Å². The number of thiophene rings is 1. The van der Waals surface area contributed by atoms with Crippen molar-refractivity contribution < 1.29 is 13.2 Å². The van der Waals surface area contributed by atoms with Crippen molar-refractivity contribution >= 4 is 27.3 Å². The molecule has 0 saturated carbocycles. The molecule has 2 aromatic heterocycles. The largest absolute Gasteiger partial charge is 0.339 e. The maximum absolute atomic E-state index is 12.6. The molecule has 0 aromatic carbocycles. The molecule has 0 spiro atoms. The van der Waals surface area contributed by atoms with Crippen LogP contribution in [0.4, 0.5) is 0 Å². The Morgan fingerprint density at radius 1 is 1.26 bits per heavy atom. The van der Waals surface area contributed by atoms with E-state index in [1.54, 1.807) is 22.6 Å². The highest BCUT2D eigenvalue weighted by Crippen LogP contribution is 2.17. The first kappa shape index (κ1) is 16.2. The number of amides is 1. The maximum atomic E-state index is 12.6. The summed E-state index contributed by atoms with van der Waals surface area (Å²) in [4.78, 5) is 18.1. The molecule has 2 aromatic rings. The number of hydrogen-bond acceptors (Lipinski definition) is 5. The van der Waals surface area contributed by atoms with E-state index in [2.05, 4.69) is 4.98 Å². The average molecular weight is 354 g/mol. The molecule has 23 heavy (non-hydrogen) atoms. The molecule has 124 valence electrons. The summed E-state index contributed by atoms with van der Waals surface area (Å²) >= 11 is 1.48. The van der Waals surface area contributed by atoms with E-state index in [-0.39, 0.29) is 17.5 Å². The van der Waals surface area contributed by atoms with Gasteiger partial charge in [-0.15, -0.1) is 0 Å². The second-order valence-electron chi connectivity index (χ2n) is 5.44. The Morgan fingerprint density at radius 2 is 2.09 bits per heavy atom. The second kappa shape index (κ2) is 6.42. The van der Waals surface area contributed by atoms with Gasteiger partial charge in [-0.05, 0) is 17.9 Å². The van der Waals surface area contributed by atoms with E-state index in [9.17, 15) is 13.2 Å². The predicted octanol–water partition coefficient (Wildman–Crippen LogP) is 1.02. The van der Waals surface area contributed by atoms with E-state index in [1.807, 2.05) is 10.8 Å². The van der Waals surface area contributed by atoms with Crippen LogP contribution in [0, 0.1) is 0 Å². The Morgan fingerprint density at radius 3 is 2.74 bits per heavy atom. The normalized spacial score (nSPS) is 17.2. The molecule has 1 amide bonds. The third-order valence-corrected chi connectivity index (χ3v) is 6.26. The zero-order valence-corrected chi connectivity index (χ0v) is 14.4. The van der Waals surface area contributed by atoms with E-state index in [1.165, 1.54) is 28.2 Å². The molecule has 0 radical (unpaired) electrons. The first-order valence-electron chi connectivity index (χ1n) is 7.28. The lowest BCUT2D eigenvalue weighted by Gasteiger charge is -2.21. The Labute approximate surface area is 139 Å². The van der Waals surface area contributed by atoms with Crippen LogP contribution >= 0.6 is 11.3 Å². The van der Waals surface area contributed by atoms with Crippen molar-refractivity contribution in [2.75, 3.05) is 26.2 Å². The summed E-state index contributed by atoms with van der Waals surface area (Å²) in [7, 11) is -1.87. The third-order valence-electron chi connectivity index (χ3n) is 3.80. The number of sulfonamides is 1. The van der Waals surface area contributed by atoms with Crippen LogP contribution in [0.25, 0.3) is 0 Å². The topological polar surface area (TPSA) is 75.5 Å². The lowest BCUT2D eigenvalue weighted by Crippen LogP contribution is -2.37. The molecule has 3 heterocycles. The van der Waals surface area contributed by atoms with Crippen molar-refractivity contribution in [3.63, 3.8) is 0 Å². The monoisotopic (exact) mass is 354 g/mol. The summed E-state index contributed by atoms with van der Waals surface area (Å²) in [5.41, 5.74) is 0.663. The van der Waals surface area contributed by atoms with Gasteiger partial charge in [0.15, 0.2) is 5.03 Å². The number of carbonyl (C=O) groups is 1. The Bertz CT molecular complexity index is 783. The molecule has 0 bridgehead atoms. The highest BCUT2D eigenvalue weighted by molar-refractivity contribution is 7.89. The number of imidazole rings is 1. The van der Waals surface area contributed by atoms with E-state index in [4.69, 9.17) is 0 Å². The molecule has 3 rings (SSSR count). The van der Waals surface area contributed by atoms with Gasteiger partial charge in [-0.25, -0.2) is 13.4 Å². The first-order chi connectivity index (χ1) is 11.0. The number of nitrogens with zero attached hydrogens (tertiary/aromatic N) is 4. The van der Waals surface area contributed by atoms with Crippen molar-refractivity contribution in [2.24, 2.45) is 7.05 Å². The Balaban J connectivity index is 1.72. The van der Waals surface area contributed by atoms with Gasteiger partial charge in [0.2, 0.25) is 0 Å². The van der Waals surface area contributed by atoms with Crippen molar-refractivity contribution in [3.05, 3.63) is 34.9 Å². The lowest BCUT2D eigenvalue weighted by molar-refractivity contribution is 0.0765. The fraction of sp³-hybridized carbons (Fsp3) is 0.429. The minimum absolute atomic E-state index is 0.0386. The maximum Gasteiger partial charge on any atom is 0.262 e. The molecule has 1 fully saturated rings. The molecule has 0 unspecified atom stereocenters. The highest BCUT2D eigenvalue weighted by Gasteiger charge is 2.30. The SMILES string of the molecule is Cn1cnc(S(=O)(=O)N2CCCN(C(=O)c3ccsc3)CC2)c1. The van der Waals surface area contributed by atoms with Crippen LogP contribution in [0.3, 0.4) is 0 Å². The highest BCUT2D eigenvalue weighted by atomic mass is 32.2. The van der Waals surface area contributed by atoms with Gasteiger partial charge in [0.05, 0.1) is 11.9 Å². The third kappa shape index (κ3) is 3.31. The van der Waals surface area contributed by atoms with Crippen LogP contribution in [0.15, 0.2) is 34.4 Å². The van der Waals surface area contributed by atoms with Crippen LogP contribution in [-0.4, -0.2) is 59.3 Å².